The molecular formula is C10H12Cl2N2O6S4-2. The van der Waals surface area contributed by atoms with Crippen LogP contribution >= 0.6 is 45.9 Å². The number of hydrogen-bond acceptors (Lipinski definition) is 10. The lowest BCUT2D eigenvalue weighted by Crippen LogP contribution is -2.26. The van der Waals surface area contributed by atoms with Crippen molar-refractivity contribution in [2.45, 2.75) is 23.3 Å². The first-order chi connectivity index (χ1) is 11.0. The van der Waals surface area contributed by atoms with Crippen molar-refractivity contribution < 1.29 is 25.9 Å². The molecule has 0 saturated heterocycles. The summed E-state index contributed by atoms with van der Waals surface area (Å²) >= 11 is 14.0. The number of aromatic nitrogens is 2. The van der Waals surface area contributed by atoms with Crippen molar-refractivity contribution in [2.24, 2.45) is 0 Å². The van der Waals surface area contributed by atoms with E-state index in [0.717, 1.165) is 9.75 Å². The number of rotatable bonds is 4. The van der Waals surface area contributed by atoms with Crippen molar-refractivity contribution >= 4 is 66.1 Å². The molecule has 0 aliphatic carbocycles. The zero-order valence-corrected chi connectivity index (χ0v) is 16.8. The van der Waals surface area contributed by atoms with Crippen molar-refractivity contribution in [3.8, 4) is 0 Å². The predicted octanol–water partition coefficient (Wildman–Crippen LogP) is 2.19. The Labute approximate surface area is 158 Å². The van der Waals surface area contributed by atoms with Crippen LogP contribution in [-0.4, -0.2) is 40.5 Å². The van der Waals surface area contributed by atoms with Crippen molar-refractivity contribution in [2.75, 3.05) is 0 Å². The van der Waals surface area contributed by atoms with Gasteiger partial charge in [-0.05, 0) is 6.92 Å². The summed E-state index contributed by atoms with van der Waals surface area (Å²) in [5.74, 6) is 1.18. The molecule has 2 aromatic rings. The van der Waals surface area contributed by atoms with Gasteiger partial charge >= 0.3 is 0 Å². The van der Waals surface area contributed by atoms with Gasteiger partial charge in [0.05, 0.1) is 22.8 Å². The van der Waals surface area contributed by atoms with Crippen LogP contribution in [0.25, 0.3) is 0 Å². The standard InChI is InChI=1S/2C4H4ClNS.C2H6O6S2/c2*5-1-4-2-6-3-7-4;1-2(9(3,4)5)10(6,7)8/h2*2-3H,1H2;2H,1H3,(H,3,4,5)(H,6,7,8)/p-2. The topological polar surface area (TPSA) is 140 Å². The van der Waals surface area contributed by atoms with E-state index < -0.39 is 24.8 Å². The van der Waals surface area contributed by atoms with Crippen LogP contribution in [0, 0.1) is 0 Å². The quantitative estimate of drug-likeness (QED) is 0.505. The van der Waals surface area contributed by atoms with E-state index in [4.69, 9.17) is 23.2 Å². The highest BCUT2D eigenvalue weighted by molar-refractivity contribution is 8.03. The molecule has 0 atom stereocenters. The van der Waals surface area contributed by atoms with Gasteiger partial charge in [-0.2, -0.15) is 0 Å². The molecule has 138 valence electrons. The summed E-state index contributed by atoms with van der Waals surface area (Å²) in [6.07, 6.45) is 3.55. The van der Waals surface area contributed by atoms with Crippen molar-refractivity contribution in [1.29, 1.82) is 0 Å². The smallest absolute Gasteiger partial charge is 0.136 e. The van der Waals surface area contributed by atoms with Crippen LogP contribution in [0.2, 0.25) is 0 Å². The normalized spacial score (nSPS) is 11.2. The Morgan fingerprint density at radius 1 is 0.958 bits per heavy atom. The van der Waals surface area contributed by atoms with Crippen LogP contribution < -0.4 is 0 Å². The van der Waals surface area contributed by atoms with E-state index in [-0.39, 0.29) is 0 Å². The number of halogens is 2. The van der Waals surface area contributed by atoms with Crippen LogP contribution in [0.5, 0.6) is 0 Å². The number of nitrogens with zero attached hydrogens (tertiary/aromatic N) is 2. The summed E-state index contributed by atoms with van der Waals surface area (Å²) in [7, 11) is -10.0. The second kappa shape index (κ2) is 11.3. The molecule has 0 spiro atoms. The van der Waals surface area contributed by atoms with Crippen LogP contribution in [0.4, 0.5) is 0 Å². The van der Waals surface area contributed by atoms with Gasteiger partial charge in [0, 0.05) is 22.1 Å². The molecule has 0 aliphatic heterocycles. The summed E-state index contributed by atoms with van der Waals surface area (Å²) in [6.45, 7) is 0.532. The molecule has 24 heavy (non-hydrogen) atoms. The molecule has 0 fully saturated rings. The van der Waals surface area contributed by atoms with Gasteiger partial charge in [0.2, 0.25) is 0 Å². The lowest BCUT2D eigenvalue weighted by molar-refractivity contribution is 0.438. The number of hydrogen-bond donors (Lipinski definition) is 0. The summed E-state index contributed by atoms with van der Waals surface area (Å²) in [5, 5.41) is 0. The number of thiazole rings is 2. The average molecular weight is 455 g/mol. The lowest BCUT2D eigenvalue weighted by Gasteiger charge is -2.18. The Kier molecular flexibility index (Phi) is 11.1. The minimum atomic E-state index is -5.01. The maximum absolute atomic E-state index is 9.84. The van der Waals surface area contributed by atoms with Gasteiger partial charge in [-0.25, -0.2) is 16.8 Å². The Bertz CT molecular complexity index is 696. The van der Waals surface area contributed by atoms with Gasteiger partial charge < -0.3 is 9.11 Å². The van der Waals surface area contributed by atoms with Gasteiger partial charge in [-0.3, -0.25) is 9.97 Å². The van der Waals surface area contributed by atoms with E-state index in [2.05, 4.69) is 9.97 Å². The molecule has 2 heterocycles. The minimum Gasteiger partial charge on any atom is -0.747 e. The fourth-order valence-electron chi connectivity index (χ4n) is 0.761. The Balaban J connectivity index is 0.000000337. The first-order valence-corrected chi connectivity index (χ1v) is 11.6. The van der Waals surface area contributed by atoms with Gasteiger partial charge in [-0.15, -0.1) is 45.9 Å². The Hall–Kier alpha value is -0.340. The largest absolute Gasteiger partial charge is 0.747 e. The molecule has 14 heteroatoms. The zero-order chi connectivity index (χ0) is 18.8. The van der Waals surface area contributed by atoms with Crippen LogP contribution in [0.15, 0.2) is 23.4 Å². The molecule has 0 radical (unpaired) electrons. The monoisotopic (exact) mass is 454 g/mol. The van der Waals surface area contributed by atoms with Gasteiger partial charge in [-0.1, -0.05) is 0 Å². The maximum atomic E-state index is 9.84. The third-order valence-electron chi connectivity index (χ3n) is 2.04. The SMILES string of the molecule is CC(S(=O)(=O)[O-])S(=O)(=O)[O-].ClCc1cncs1.ClCc1cncs1. The average Bonchev–Trinajstić information content (AvgIpc) is 3.18. The fraction of sp³-hybridized carbons (Fsp3) is 0.400. The molecule has 0 aromatic carbocycles. The summed E-state index contributed by atoms with van der Waals surface area (Å²) in [5.41, 5.74) is 3.55. The summed E-state index contributed by atoms with van der Waals surface area (Å²) < 4.78 is 56.7. The first-order valence-electron chi connectivity index (χ1n) is 5.78. The van der Waals surface area contributed by atoms with E-state index in [9.17, 15) is 25.9 Å². The van der Waals surface area contributed by atoms with Gasteiger partial charge in [0.1, 0.15) is 24.8 Å². The number of alkyl halides is 2. The van der Waals surface area contributed by atoms with E-state index in [1.165, 1.54) is 0 Å². The highest BCUT2D eigenvalue weighted by atomic mass is 35.5. The first kappa shape index (κ1) is 23.7. The second-order valence-corrected chi connectivity index (χ2v) is 9.92. The Morgan fingerprint density at radius 2 is 1.29 bits per heavy atom. The molecule has 0 bridgehead atoms. The maximum Gasteiger partial charge on any atom is 0.136 e. The highest BCUT2D eigenvalue weighted by Gasteiger charge is 2.16. The molecule has 2 rings (SSSR count). The van der Waals surface area contributed by atoms with Crippen LogP contribution in [0.3, 0.4) is 0 Å². The molecule has 0 amide bonds. The fourth-order valence-corrected chi connectivity index (χ4v) is 3.31. The van der Waals surface area contributed by atoms with Crippen molar-refractivity contribution in [1.82, 2.24) is 9.97 Å². The van der Waals surface area contributed by atoms with Crippen LogP contribution in [-0.2, 0) is 32.0 Å². The molecule has 0 unspecified atom stereocenters. The van der Waals surface area contributed by atoms with Gasteiger partial charge in [0.25, 0.3) is 0 Å². The van der Waals surface area contributed by atoms with E-state index in [1.807, 2.05) is 0 Å². The third-order valence-corrected chi connectivity index (χ3v) is 7.54. The Morgan fingerprint density at radius 3 is 1.38 bits per heavy atom. The lowest BCUT2D eigenvalue weighted by atomic mass is 10.6. The van der Waals surface area contributed by atoms with Crippen LogP contribution in [0.1, 0.15) is 16.7 Å². The minimum absolute atomic E-state index is 0.532. The van der Waals surface area contributed by atoms with Crippen molar-refractivity contribution in [3.05, 3.63) is 33.2 Å². The second-order valence-electron chi connectivity index (χ2n) is 3.76. The van der Waals surface area contributed by atoms with E-state index in [0.29, 0.717) is 18.7 Å². The molecule has 2 aromatic heterocycles. The summed E-state index contributed by atoms with van der Waals surface area (Å²) in [4.78, 5) is 9.91. The van der Waals surface area contributed by atoms with E-state index >= 15 is 0 Å². The molecule has 8 nitrogen and oxygen atoms in total. The van der Waals surface area contributed by atoms with Gasteiger partial charge in [0.15, 0.2) is 0 Å². The predicted molar refractivity (Wildman–Crippen MR) is 92.2 cm³/mol. The highest BCUT2D eigenvalue weighted by Crippen LogP contribution is 2.07. The molecule has 0 aliphatic rings. The molecule has 0 saturated carbocycles. The van der Waals surface area contributed by atoms with Crippen molar-refractivity contribution in [3.63, 3.8) is 0 Å². The third kappa shape index (κ3) is 10.5. The summed E-state index contributed by atoms with van der Waals surface area (Å²) in [6, 6.07) is 0. The zero-order valence-electron chi connectivity index (χ0n) is 12.0. The molecular weight excluding hydrogens is 443 g/mol. The van der Waals surface area contributed by atoms with E-state index in [1.54, 1.807) is 46.1 Å². The molecule has 0 N–H and O–H groups in total.